The molecule has 5 fully saturated rings. The number of aliphatic hydroxyl groups excluding tert-OH is 1. The lowest BCUT2D eigenvalue weighted by Gasteiger charge is -2.56. The van der Waals surface area contributed by atoms with Crippen LogP contribution < -0.4 is 0 Å². The van der Waals surface area contributed by atoms with Gasteiger partial charge < -0.3 is 9.52 Å². The van der Waals surface area contributed by atoms with E-state index in [1.54, 1.807) is 0 Å². The van der Waals surface area contributed by atoms with Crippen LogP contribution >= 0.6 is 35.6 Å². The molecule has 4 bridgehead atoms. The van der Waals surface area contributed by atoms with E-state index in [1.165, 1.54) is 43.9 Å². The molecule has 1 amide bonds. The van der Waals surface area contributed by atoms with Gasteiger partial charge in [0, 0.05) is 29.3 Å². The van der Waals surface area contributed by atoms with Crippen molar-refractivity contribution < 1.29 is 14.3 Å². The van der Waals surface area contributed by atoms with Gasteiger partial charge in [0.05, 0.1) is 4.91 Å². The summed E-state index contributed by atoms with van der Waals surface area (Å²) >= 11 is 13.4. The van der Waals surface area contributed by atoms with Crippen molar-refractivity contribution in [2.75, 3.05) is 6.61 Å². The summed E-state index contributed by atoms with van der Waals surface area (Å²) in [6.07, 6.45) is 11.8. The Morgan fingerprint density at radius 2 is 1.83 bits per heavy atom. The van der Waals surface area contributed by atoms with Gasteiger partial charge in [-0.05, 0) is 98.8 Å². The molecule has 7 rings (SSSR count). The van der Waals surface area contributed by atoms with Crippen molar-refractivity contribution in [3.05, 3.63) is 51.6 Å². The van der Waals surface area contributed by atoms with Crippen LogP contribution in [-0.2, 0) is 11.2 Å². The SMILES string of the molecule is O=C1/C(=C/c2oc(-c3cccc(Cl)c3)cc2CCCCCO)SC(=S)N1C1C2CC3CC(C2)CC1C3. The van der Waals surface area contributed by atoms with E-state index in [0.29, 0.717) is 26.1 Å². The van der Waals surface area contributed by atoms with Crippen LogP contribution in [0.5, 0.6) is 0 Å². The Bertz CT molecular complexity index is 1180. The van der Waals surface area contributed by atoms with Crippen molar-refractivity contribution in [2.45, 2.75) is 63.8 Å². The number of hydrogen-bond acceptors (Lipinski definition) is 5. The summed E-state index contributed by atoms with van der Waals surface area (Å²) < 4.78 is 7.03. The number of aryl methyl sites for hydroxylation is 1. The molecule has 4 nitrogen and oxygen atoms in total. The van der Waals surface area contributed by atoms with Crippen LogP contribution in [-0.4, -0.2) is 32.9 Å². The largest absolute Gasteiger partial charge is 0.456 e. The minimum Gasteiger partial charge on any atom is -0.456 e. The van der Waals surface area contributed by atoms with E-state index in [1.807, 2.05) is 35.2 Å². The topological polar surface area (TPSA) is 53.7 Å². The smallest absolute Gasteiger partial charge is 0.266 e. The van der Waals surface area contributed by atoms with Crippen molar-refractivity contribution in [3.8, 4) is 11.3 Å². The summed E-state index contributed by atoms with van der Waals surface area (Å²) in [4.78, 5) is 16.4. The maximum atomic E-state index is 13.7. The van der Waals surface area contributed by atoms with Gasteiger partial charge in [-0.25, -0.2) is 0 Å². The van der Waals surface area contributed by atoms with Crippen LogP contribution in [0.1, 0.15) is 62.7 Å². The van der Waals surface area contributed by atoms with Crippen LogP contribution in [0.3, 0.4) is 0 Å². The van der Waals surface area contributed by atoms with Gasteiger partial charge in [0.15, 0.2) is 0 Å². The zero-order chi connectivity index (χ0) is 24.8. The molecule has 7 heteroatoms. The maximum absolute atomic E-state index is 13.7. The van der Waals surface area contributed by atoms with Gasteiger partial charge in [0.1, 0.15) is 15.8 Å². The fraction of sp³-hybridized carbons (Fsp3) is 0.517. The predicted octanol–water partition coefficient (Wildman–Crippen LogP) is 7.33. The highest BCUT2D eigenvalue weighted by molar-refractivity contribution is 8.26. The van der Waals surface area contributed by atoms with Crippen LogP contribution in [0.2, 0.25) is 5.02 Å². The average Bonchev–Trinajstić information content (AvgIpc) is 3.37. The number of amides is 1. The van der Waals surface area contributed by atoms with Crippen LogP contribution in [0.15, 0.2) is 39.7 Å². The molecular weight excluding hydrogens is 510 g/mol. The zero-order valence-electron chi connectivity index (χ0n) is 20.3. The number of carbonyl (C=O) groups excluding carboxylic acids is 1. The lowest BCUT2D eigenvalue weighted by atomic mass is 9.54. The molecule has 0 radical (unpaired) electrons. The Kier molecular flexibility index (Phi) is 7.06. The highest BCUT2D eigenvalue weighted by Crippen LogP contribution is 2.56. The molecule has 1 aliphatic heterocycles. The van der Waals surface area contributed by atoms with E-state index in [9.17, 15) is 4.79 Å². The van der Waals surface area contributed by atoms with Gasteiger partial charge in [-0.3, -0.25) is 9.69 Å². The molecule has 1 aromatic heterocycles. The third-order valence-corrected chi connectivity index (χ3v) is 10.2. The number of unbranched alkanes of at least 4 members (excludes halogenated alkanes) is 2. The van der Waals surface area contributed by atoms with Gasteiger partial charge in [-0.15, -0.1) is 0 Å². The molecule has 1 N–H and O–H groups in total. The molecule has 2 aromatic rings. The number of rotatable bonds is 8. The van der Waals surface area contributed by atoms with Crippen molar-refractivity contribution in [1.82, 2.24) is 4.90 Å². The second-order valence-electron chi connectivity index (χ2n) is 11.0. The van der Waals surface area contributed by atoms with Crippen LogP contribution in [0.4, 0.5) is 0 Å². The fourth-order valence-corrected chi connectivity index (χ4v) is 8.83. The summed E-state index contributed by atoms with van der Waals surface area (Å²) in [6.45, 7) is 0.207. The summed E-state index contributed by atoms with van der Waals surface area (Å²) in [6, 6.07) is 9.97. The predicted molar refractivity (Wildman–Crippen MR) is 150 cm³/mol. The first-order valence-electron chi connectivity index (χ1n) is 13.3. The van der Waals surface area contributed by atoms with Gasteiger partial charge in [0.25, 0.3) is 5.91 Å². The van der Waals surface area contributed by atoms with Crippen LogP contribution in [0.25, 0.3) is 17.4 Å². The number of thioether (sulfide) groups is 1. The van der Waals surface area contributed by atoms with E-state index < -0.39 is 0 Å². The van der Waals surface area contributed by atoms with E-state index in [-0.39, 0.29) is 18.6 Å². The normalized spacial score (nSPS) is 30.2. The Labute approximate surface area is 227 Å². The fourth-order valence-electron chi connectivity index (χ4n) is 7.32. The summed E-state index contributed by atoms with van der Waals surface area (Å²) in [7, 11) is 0. The molecular formula is C29H32ClNO3S2. The first-order valence-corrected chi connectivity index (χ1v) is 14.9. The molecule has 5 aliphatic rings. The number of thiocarbonyl (C=S) groups is 1. The molecule has 2 heterocycles. The van der Waals surface area contributed by atoms with Gasteiger partial charge in [-0.1, -0.05) is 54.1 Å². The van der Waals surface area contributed by atoms with E-state index in [2.05, 4.69) is 6.07 Å². The highest BCUT2D eigenvalue weighted by atomic mass is 35.5. The molecule has 1 aromatic carbocycles. The second kappa shape index (κ2) is 10.3. The Morgan fingerprint density at radius 3 is 2.53 bits per heavy atom. The molecule has 1 saturated heterocycles. The maximum Gasteiger partial charge on any atom is 0.266 e. The minimum absolute atomic E-state index is 0.0504. The Morgan fingerprint density at radius 1 is 1.08 bits per heavy atom. The number of hydrogen-bond donors (Lipinski definition) is 1. The monoisotopic (exact) mass is 541 g/mol. The molecule has 4 saturated carbocycles. The van der Waals surface area contributed by atoms with Gasteiger partial charge >= 0.3 is 0 Å². The lowest BCUT2D eigenvalue weighted by molar-refractivity contribution is -0.130. The highest BCUT2D eigenvalue weighted by Gasteiger charge is 2.53. The Hall–Kier alpha value is -1.60. The van der Waals surface area contributed by atoms with Crippen molar-refractivity contribution in [2.24, 2.45) is 23.7 Å². The standard InChI is InChI=1S/C29H32ClNO3S2/c30-23-7-4-6-19(14-23)24-15-20(5-2-1-3-8-32)25(34-24)16-26-28(33)31(29(35)36-26)27-21-10-17-9-18(12-21)13-22(27)11-17/h4,6-7,14-18,21-22,27,32H,1-3,5,8-13H2/b26-16-. The second-order valence-corrected chi connectivity index (χ2v) is 13.1. The van der Waals surface area contributed by atoms with Gasteiger partial charge in [0.2, 0.25) is 0 Å². The number of furan rings is 1. The number of benzene rings is 1. The van der Waals surface area contributed by atoms with Crippen molar-refractivity contribution in [1.29, 1.82) is 0 Å². The number of carbonyl (C=O) groups is 1. The average molecular weight is 542 g/mol. The van der Waals surface area contributed by atoms with Crippen LogP contribution in [0, 0.1) is 23.7 Å². The zero-order valence-corrected chi connectivity index (χ0v) is 22.7. The summed E-state index contributed by atoms with van der Waals surface area (Å²) in [5.41, 5.74) is 1.99. The van der Waals surface area contributed by atoms with E-state index in [0.717, 1.165) is 60.2 Å². The molecule has 4 aliphatic carbocycles. The third-order valence-electron chi connectivity index (χ3n) is 8.62. The molecule has 0 unspecified atom stereocenters. The van der Waals surface area contributed by atoms with E-state index in [4.69, 9.17) is 33.3 Å². The van der Waals surface area contributed by atoms with Crippen molar-refractivity contribution in [3.63, 3.8) is 0 Å². The summed E-state index contributed by atoms with van der Waals surface area (Å²) in [5.74, 6) is 4.44. The molecule has 0 atom stereocenters. The molecule has 190 valence electrons. The first-order chi connectivity index (χ1) is 17.5. The first kappa shape index (κ1) is 24.7. The number of halogens is 1. The third kappa shape index (κ3) is 4.70. The quantitative estimate of drug-likeness (QED) is 0.215. The number of nitrogens with zero attached hydrogens (tertiary/aromatic N) is 1. The lowest BCUT2D eigenvalue weighted by Crippen LogP contribution is -2.57. The van der Waals surface area contributed by atoms with Gasteiger partial charge in [-0.2, -0.15) is 0 Å². The number of aliphatic hydroxyl groups is 1. The summed E-state index contributed by atoms with van der Waals surface area (Å²) in [5, 5.41) is 9.81. The molecule has 36 heavy (non-hydrogen) atoms. The molecule has 0 spiro atoms. The minimum atomic E-state index is 0.0504. The van der Waals surface area contributed by atoms with Crippen molar-refractivity contribution >= 4 is 51.9 Å². The van der Waals surface area contributed by atoms with E-state index >= 15 is 0 Å². The Balaban J connectivity index is 1.28.